The number of rotatable bonds is 7. The van der Waals surface area contributed by atoms with Gasteiger partial charge in [0.1, 0.15) is 11.6 Å². The lowest BCUT2D eigenvalue weighted by Gasteiger charge is -2.07. The number of anilines is 1. The maximum Gasteiger partial charge on any atom is 0.272 e. The minimum absolute atomic E-state index is 0.242. The summed E-state index contributed by atoms with van der Waals surface area (Å²) in [6.07, 6.45) is 0.737. The third-order valence-corrected chi connectivity index (χ3v) is 4.10. The van der Waals surface area contributed by atoms with E-state index in [2.05, 4.69) is 20.8 Å². The Balaban J connectivity index is 1.46. The summed E-state index contributed by atoms with van der Waals surface area (Å²) in [6.45, 7) is 3.10. The number of hydrogen-bond donors (Lipinski definition) is 2. The van der Waals surface area contributed by atoms with E-state index in [1.165, 1.54) is 17.7 Å². The van der Waals surface area contributed by atoms with E-state index < -0.39 is 0 Å². The predicted molar refractivity (Wildman–Crippen MR) is 103 cm³/mol. The first-order chi connectivity index (χ1) is 13.1. The number of nitrogens with one attached hydrogen (secondary N) is 2. The van der Waals surface area contributed by atoms with Gasteiger partial charge in [-0.25, -0.2) is 4.39 Å². The molecular weight excluding hydrogens is 343 g/mol. The second-order valence-electron chi connectivity index (χ2n) is 6.28. The molecule has 3 rings (SSSR count). The van der Waals surface area contributed by atoms with Crippen molar-refractivity contribution in [2.24, 2.45) is 0 Å². The average Bonchev–Trinajstić information content (AvgIpc) is 2.69. The summed E-state index contributed by atoms with van der Waals surface area (Å²) in [5.41, 5.74) is 3.51. The van der Waals surface area contributed by atoms with Crippen molar-refractivity contribution in [3.8, 4) is 0 Å². The zero-order chi connectivity index (χ0) is 19.1. The lowest BCUT2D eigenvalue weighted by atomic mass is 10.1. The number of nitrogens with zero attached hydrogens (tertiary/aromatic N) is 2. The summed E-state index contributed by atoms with van der Waals surface area (Å²) in [4.78, 5) is 12.2. The van der Waals surface area contributed by atoms with Crippen LogP contribution in [0, 0.1) is 12.7 Å². The molecule has 0 saturated heterocycles. The molecule has 0 unspecified atom stereocenters. The van der Waals surface area contributed by atoms with Gasteiger partial charge in [0.05, 0.1) is 0 Å². The van der Waals surface area contributed by atoms with Crippen LogP contribution < -0.4 is 10.6 Å². The highest BCUT2D eigenvalue weighted by molar-refractivity contribution is 5.92. The Hall–Kier alpha value is -3.28. The number of carbonyl (C=O) groups excluding carboxylic acids is 1. The van der Waals surface area contributed by atoms with Crippen LogP contribution >= 0.6 is 0 Å². The van der Waals surface area contributed by atoms with Crippen LogP contribution in [0.1, 0.15) is 27.2 Å². The number of benzene rings is 2. The molecule has 0 radical (unpaired) electrons. The largest absolute Gasteiger partial charge is 0.368 e. The van der Waals surface area contributed by atoms with Gasteiger partial charge < -0.3 is 10.6 Å². The summed E-state index contributed by atoms with van der Waals surface area (Å²) in [5, 5.41) is 14.0. The molecule has 2 N–H and O–H groups in total. The van der Waals surface area contributed by atoms with Gasteiger partial charge in [0, 0.05) is 13.1 Å². The monoisotopic (exact) mass is 364 g/mol. The number of halogens is 1. The molecule has 0 spiro atoms. The van der Waals surface area contributed by atoms with Gasteiger partial charge in [-0.2, -0.15) is 0 Å². The molecule has 1 amide bonds. The highest BCUT2D eigenvalue weighted by Crippen LogP contribution is 2.07. The summed E-state index contributed by atoms with van der Waals surface area (Å²) in [6, 6.07) is 17.7. The third kappa shape index (κ3) is 5.60. The molecule has 6 heteroatoms. The van der Waals surface area contributed by atoms with Crippen LogP contribution in [0.15, 0.2) is 60.7 Å². The highest BCUT2D eigenvalue weighted by atomic mass is 19.1. The molecule has 3 aromatic rings. The van der Waals surface area contributed by atoms with Crippen molar-refractivity contribution in [3.05, 3.63) is 88.9 Å². The van der Waals surface area contributed by atoms with Gasteiger partial charge in [-0.15, -0.1) is 10.2 Å². The minimum atomic E-state index is -0.263. The van der Waals surface area contributed by atoms with Crippen LogP contribution in [0.3, 0.4) is 0 Å². The fourth-order valence-corrected chi connectivity index (χ4v) is 2.51. The van der Waals surface area contributed by atoms with Gasteiger partial charge in [0.25, 0.3) is 5.91 Å². The Morgan fingerprint density at radius 3 is 2.30 bits per heavy atom. The maximum atomic E-state index is 12.9. The van der Waals surface area contributed by atoms with E-state index in [0.717, 1.165) is 17.5 Å². The van der Waals surface area contributed by atoms with Crippen molar-refractivity contribution >= 4 is 11.7 Å². The minimum Gasteiger partial charge on any atom is -0.368 e. The first-order valence-electron chi connectivity index (χ1n) is 8.76. The smallest absolute Gasteiger partial charge is 0.272 e. The van der Waals surface area contributed by atoms with E-state index in [1.807, 2.05) is 31.2 Å². The number of hydrogen-bond acceptors (Lipinski definition) is 4. The van der Waals surface area contributed by atoms with Crippen LogP contribution in [0.5, 0.6) is 0 Å². The SMILES string of the molecule is Cc1ccc(CNC(=O)c2ccc(NCCc3ccc(F)cc3)nn2)cc1. The number of aromatic nitrogens is 2. The van der Waals surface area contributed by atoms with E-state index >= 15 is 0 Å². The summed E-state index contributed by atoms with van der Waals surface area (Å²) in [5.74, 6) is 0.0851. The number of carbonyl (C=O) groups is 1. The zero-order valence-corrected chi connectivity index (χ0v) is 15.1. The van der Waals surface area contributed by atoms with Crippen molar-refractivity contribution in [1.29, 1.82) is 0 Å². The third-order valence-electron chi connectivity index (χ3n) is 4.10. The van der Waals surface area contributed by atoms with E-state index in [1.54, 1.807) is 24.3 Å². The fraction of sp³-hybridized carbons (Fsp3) is 0.190. The molecule has 5 nitrogen and oxygen atoms in total. The molecule has 0 aliphatic rings. The average molecular weight is 364 g/mol. The van der Waals surface area contributed by atoms with E-state index in [-0.39, 0.29) is 17.4 Å². The number of aryl methyl sites for hydroxylation is 1. The van der Waals surface area contributed by atoms with E-state index in [9.17, 15) is 9.18 Å². The molecule has 0 saturated carbocycles. The summed E-state index contributed by atoms with van der Waals surface area (Å²) < 4.78 is 12.9. The Morgan fingerprint density at radius 2 is 1.63 bits per heavy atom. The van der Waals surface area contributed by atoms with Crippen molar-refractivity contribution in [2.75, 3.05) is 11.9 Å². The molecular formula is C21H21FN4O. The summed E-state index contributed by atoms with van der Waals surface area (Å²) >= 11 is 0. The van der Waals surface area contributed by atoms with Gasteiger partial charge in [-0.3, -0.25) is 4.79 Å². The molecule has 2 aromatic carbocycles. The molecule has 0 aliphatic carbocycles. The van der Waals surface area contributed by atoms with E-state index in [4.69, 9.17) is 0 Å². The standard InChI is InChI=1S/C21H21FN4O/c1-15-2-4-17(5-3-15)14-24-21(27)19-10-11-20(26-25-19)23-13-12-16-6-8-18(22)9-7-16/h2-11H,12-14H2,1H3,(H,23,26)(H,24,27). The fourth-order valence-electron chi connectivity index (χ4n) is 2.51. The summed E-state index contributed by atoms with van der Waals surface area (Å²) in [7, 11) is 0. The van der Waals surface area contributed by atoms with Crippen molar-refractivity contribution < 1.29 is 9.18 Å². The molecule has 1 heterocycles. The lowest BCUT2D eigenvalue weighted by molar-refractivity contribution is 0.0945. The van der Waals surface area contributed by atoms with Crippen molar-refractivity contribution in [2.45, 2.75) is 19.9 Å². The molecule has 0 fully saturated rings. The molecule has 0 atom stereocenters. The van der Waals surface area contributed by atoms with Gasteiger partial charge in [0.2, 0.25) is 0 Å². The van der Waals surface area contributed by atoms with Gasteiger partial charge in [-0.1, -0.05) is 42.0 Å². The lowest BCUT2D eigenvalue weighted by Crippen LogP contribution is -2.24. The molecule has 0 bridgehead atoms. The molecule has 138 valence electrons. The van der Waals surface area contributed by atoms with Crippen LogP contribution in [-0.2, 0) is 13.0 Å². The Bertz CT molecular complexity index is 878. The maximum absolute atomic E-state index is 12.9. The quantitative estimate of drug-likeness (QED) is 0.673. The van der Waals surface area contributed by atoms with Crippen LogP contribution in [0.25, 0.3) is 0 Å². The van der Waals surface area contributed by atoms with Crippen molar-refractivity contribution in [1.82, 2.24) is 15.5 Å². The highest BCUT2D eigenvalue weighted by Gasteiger charge is 2.08. The Morgan fingerprint density at radius 1 is 0.926 bits per heavy atom. The van der Waals surface area contributed by atoms with E-state index in [0.29, 0.717) is 18.9 Å². The molecule has 0 aliphatic heterocycles. The van der Waals surface area contributed by atoms with Crippen LogP contribution in [0.4, 0.5) is 10.2 Å². The normalized spacial score (nSPS) is 10.4. The molecule has 1 aromatic heterocycles. The predicted octanol–water partition coefficient (Wildman–Crippen LogP) is 3.51. The first-order valence-corrected chi connectivity index (χ1v) is 8.76. The van der Waals surface area contributed by atoms with Gasteiger partial charge >= 0.3 is 0 Å². The zero-order valence-electron chi connectivity index (χ0n) is 15.1. The van der Waals surface area contributed by atoms with Gasteiger partial charge in [0.15, 0.2) is 5.69 Å². The van der Waals surface area contributed by atoms with Crippen molar-refractivity contribution in [3.63, 3.8) is 0 Å². The molecule has 27 heavy (non-hydrogen) atoms. The van der Waals surface area contributed by atoms with Gasteiger partial charge in [-0.05, 0) is 48.7 Å². The second kappa shape index (κ2) is 8.89. The van der Waals surface area contributed by atoms with Crippen LogP contribution in [0.2, 0.25) is 0 Å². The number of amides is 1. The van der Waals surface area contributed by atoms with Crippen LogP contribution in [-0.4, -0.2) is 22.6 Å². The second-order valence-corrected chi connectivity index (χ2v) is 6.28. The first kappa shape index (κ1) is 18.5. The topological polar surface area (TPSA) is 66.9 Å². The Kier molecular flexibility index (Phi) is 6.10. The Labute approximate surface area is 157 Å².